The third-order valence-corrected chi connectivity index (χ3v) is 3.01. The lowest BCUT2D eigenvalue weighted by Gasteiger charge is -2.06. The number of nitrogens with zero attached hydrogens (tertiary/aromatic N) is 1. The maximum Gasteiger partial charge on any atom is 0.329 e. The number of nitrogens with one attached hydrogen (secondary N) is 1. The lowest BCUT2D eigenvalue weighted by Crippen LogP contribution is -2.33. The van der Waals surface area contributed by atoms with Crippen LogP contribution in [0.3, 0.4) is 0 Å². The first-order valence-electron chi connectivity index (χ1n) is 6.23. The minimum absolute atomic E-state index is 0.572. The van der Waals surface area contributed by atoms with Crippen LogP contribution < -0.4 is 15.9 Å². The summed E-state index contributed by atoms with van der Waals surface area (Å²) < 4.78 is 5.17. The molecule has 0 bridgehead atoms. The van der Waals surface area contributed by atoms with Crippen molar-refractivity contribution in [3.8, 4) is 5.75 Å². The van der Waals surface area contributed by atoms with Crippen molar-refractivity contribution in [1.82, 2.24) is 5.43 Å². The van der Waals surface area contributed by atoms with E-state index in [2.05, 4.69) is 10.5 Å². The molecule has 0 fully saturated rings. The van der Waals surface area contributed by atoms with Gasteiger partial charge >= 0.3 is 11.8 Å². The van der Waals surface area contributed by atoms with Gasteiger partial charge in [0.05, 0.1) is 12.8 Å². The number of hydrogen-bond acceptors (Lipinski definition) is 4. The molecule has 2 aromatic rings. The number of carbonyl (C=O) groups is 2. The van der Waals surface area contributed by atoms with E-state index in [-0.39, 0.29) is 0 Å². The van der Waals surface area contributed by atoms with Gasteiger partial charge in [-0.25, -0.2) is 5.43 Å². The molecular weight excluding hydrogens is 270 g/mol. The van der Waals surface area contributed by atoms with Gasteiger partial charge in [0.15, 0.2) is 0 Å². The maximum atomic E-state index is 11.1. The normalized spacial score (nSPS) is 11.2. The standard InChI is InChI=1S/C15H15N3O3/c1-9(17-18-15(20)14(16)19)10-3-4-12-8-13(21-2)6-5-11(12)7-10/h3-8H,1-2H3,(H2,16,19)(H,18,20)/b17-9-. The first-order chi connectivity index (χ1) is 10.0. The molecule has 0 radical (unpaired) electrons. The number of primary amides is 1. The minimum Gasteiger partial charge on any atom is -0.497 e. The number of rotatable bonds is 3. The fraction of sp³-hybridized carbons (Fsp3) is 0.133. The smallest absolute Gasteiger partial charge is 0.329 e. The molecule has 0 spiro atoms. The van der Waals surface area contributed by atoms with E-state index in [0.29, 0.717) is 5.71 Å². The van der Waals surface area contributed by atoms with E-state index >= 15 is 0 Å². The second-order valence-corrected chi connectivity index (χ2v) is 4.43. The number of fused-ring (bicyclic) bond motifs is 1. The topological polar surface area (TPSA) is 93.8 Å². The highest BCUT2D eigenvalue weighted by Crippen LogP contribution is 2.22. The molecule has 0 saturated carbocycles. The fourth-order valence-corrected chi connectivity index (χ4v) is 1.83. The Hall–Kier alpha value is -2.89. The zero-order chi connectivity index (χ0) is 15.4. The monoisotopic (exact) mass is 285 g/mol. The molecule has 0 aliphatic rings. The first kappa shape index (κ1) is 14.5. The van der Waals surface area contributed by atoms with Crippen molar-refractivity contribution in [1.29, 1.82) is 0 Å². The molecule has 21 heavy (non-hydrogen) atoms. The zero-order valence-electron chi connectivity index (χ0n) is 11.7. The van der Waals surface area contributed by atoms with E-state index in [1.807, 2.05) is 36.4 Å². The lowest BCUT2D eigenvalue weighted by atomic mass is 10.0. The van der Waals surface area contributed by atoms with Gasteiger partial charge in [0.25, 0.3) is 0 Å². The SMILES string of the molecule is COc1ccc2cc(/C(C)=N\NC(=O)C(N)=O)ccc2c1. The van der Waals surface area contributed by atoms with Gasteiger partial charge in [-0.3, -0.25) is 9.59 Å². The fourth-order valence-electron chi connectivity index (χ4n) is 1.83. The van der Waals surface area contributed by atoms with Gasteiger partial charge < -0.3 is 10.5 Å². The molecule has 0 aromatic heterocycles. The number of hydrogen-bond donors (Lipinski definition) is 2. The number of carbonyl (C=O) groups excluding carboxylic acids is 2. The molecule has 2 rings (SSSR count). The third-order valence-electron chi connectivity index (χ3n) is 3.01. The predicted octanol–water partition coefficient (Wildman–Crippen LogP) is 1.17. The van der Waals surface area contributed by atoms with Gasteiger partial charge in [-0.15, -0.1) is 0 Å². The van der Waals surface area contributed by atoms with Gasteiger partial charge in [0.2, 0.25) is 0 Å². The molecule has 0 unspecified atom stereocenters. The van der Waals surface area contributed by atoms with E-state index in [1.54, 1.807) is 14.0 Å². The summed E-state index contributed by atoms with van der Waals surface area (Å²) in [4.78, 5) is 21.7. The van der Waals surface area contributed by atoms with Crippen molar-refractivity contribution < 1.29 is 14.3 Å². The Morgan fingerprint density at radius 3 is 2.48 bits per heavy atom. The van der Waals surface area contributed by atoms with Gasteiger partial charge in [0, 0.05) is 0 Å². The average Bonchev–Trinajstić information content (AvgIpc) is 2.50. The van der Waals surface area contributed by atoms with Crippen molar-refractivity contribution in [3.05, 3.63) is 42.0 Å². The number of nitrogens with two attached hydrogens (primary N) is 1. The summed E-state index contributed by atoms with van der Waals surface area (Å²) in [6.45, 7) is 1.73. The molecule has 0 aliphatic carbocycles. The van der Waals surface area contributed by atoms with Crippen LogP contribution in [0.2, 0.25) is 0 Å². The Morgan fingerprint density at radius 1 is 1.14 bits per heavy atom. The Kier molecular flexibility index (Phi) is 4.18. The minimum atomic E-state index is -1.07. The summed E-state index contributed by atoms with van der Waals surface area (Å²) in [6, 6.07) is 11.5. The molecular formula is C15H15N3O3. The zero-order valence-corrected chi connectivity index (χ0v) is 11.7. The summed E-state index contributed by atoms with van der Waals surface area (Å²) in [5, 5.41) is 5.90. The highest BCUT2D eigenvalue weighted by Gasteiger charge is 2.07. The van der Waals surface area contributed by atoms with Crippen LogP contribution in [-0.4, -0.2) is 24.6 Å². The summed E-state index contributed by atoms with van der Waals surface area (Å²) >= 11 is 0. The van der Waals surface area contributed by atoms with Crippen molar-refractivity contribution >= 4 is 28.3 Å². The second kappa shape index (κ2) is 6.04. The predicted molar refractivity (Wildman–Crippen MR) is 80.0 cm³/mol. The molecule has 0 aliphatic heterocycles. The molecule has 0 heterocycles. The molecule has 6 nitrogen and oxygen atoms in total. The van der Waals surface area contributed by atoms with Crippen LogP contribution in [0.1, 0.15) is 12.5 Å². The van der Waals surface area contributed by atoms with Gasteiger partial charge in [-0.2, -0.15) is 5.10 Å². The molecule has 3 N–H and O–H groups in total. The van der Waals surface area contributed by atoms with Crippen LogP contribution in [0.25, 0.3) is 10.8 Å². The van der Waals surface area contributed by atoms with Crippen LogP contribution >= 0.6 is 0 Å². The van der Waals surface area contributed by atoms with Crippen molar-refractivity contribution in [2.24, 2.45) is 10.8 Å². The summed E-state index contributed by atoms with van der Waals surface area (Å²) in [5.74, 6) is -1.23. The highest BCUT2D eigenvalue weighted by molar-refractivity contribution is 6.34. The van der Waals surface area contributed by atoms with E-state index in [4.69, 9.17) is 10.5 Å². The van der Waals surface area contributed by atoms with Crippen molar-refractivity contribution in [2.45, 2.75) is 6.92 Å². The van der Waals surface area contributed by atoms with E-state index in [0.717, 1.165) is 22.1 Å². The molecule has 0 saturated heterocycles. The number of methoxy groups -OCH3 is 1. The van der Waals surface area contributed by atoms with Crippen LogP contribution in [0.4, 0.5) is 0 Å². The molecule has 0 atom stereocenters. The van der Waals surface area contributed by atoms with Crippen LogP contribution in [0.15, 0.2) is 41.5 Å². The largest absolute Gasteiger partial charge is 0.497 e. The Balaban J connectivity index is 2.28. The Bertz CT molecular complexity index is 738. The summed E-state index contributed by atoms with van der Waals surface area (Å²) in [5.41, 5.74) is 8.33. The molecule has 108 valence electrons. The molecule has 2 aromatic carbocycles. The lowest BCUT2D eigenvalue weighted by molar-refractivity contribution is -0.137. The first-order valence-corrected chi connectivity index (χ1v) is 6.23. The average molecular weight is 285 g/mol. The van der Waals surface area contributed by atoms with Crippen LogP contribution in [0, 0.1) is 0 Å². The Morgan fingerprint density at radius 2 is 1.81 bits per heavy atom. The van der Waals surface area contributed by atoms with Gasteiger partial charge in [-0.1, -0.05) is 18.2 Å². The number of hydrazone groups is 1. The summed E-state index contributed by atoms with van der Waals surface area (Å²) in [6.07, 6.45) is 0. The van der Waals surface area contributed by atoms with Crippen molar-refractivity contribution in [2.75, 3.05) is 7.11 Å². The molecule has 6 heteroatoms. The van der Waals surface area contributed by atoms with Gasteiger partial charge in [0.1, 0.15) is 5.75 Å². The van der Waals surface area contributed by atoms with Crippen LogP contribution in [-0.2, 0) is 9.59 Å². The van der Waals surface area contributed by atoms with E-state index in [1.165, 1.54) is 0 Å². The van der Waals surface area contributed by atoms with E-state index < -0.39 is 11.8 Å². The number of ether oxygens (including phenoxy) is 1. The quantitative estimate of drug-likeness (QED) is 0.503. The van der Waals surface area contributed by atoms with Gasteiger partial charge in [-0.05, 0) is 41.5 Å². The summed E-state index contributed by atoms with van der Waals surface area (Å²) in [7, 11) is 1.62. The maximum absolute atomic E-state index is 11.1. The molecule has 2 amide bonds. The van der Waals surface area contributed by atoms with Crippen molar-refractivity contribution in [3.63, 3.8) is 0 Å². The number of benzene rings is 2. The second-order valence-electron chi connectivity index (χ2n) is 4.43. The Labute approximate surface area is 121 Å². The number of amides is 2. The van der Waals surface area contributed by atoms with E-state index in [9.17, 15) is 9.59 Å². The van der Waals surface area contributed by atoms with Crippen LogP contribution in [0.5, 0.6) is 5.75 Å². The third kappa shape index (κ3) is 3.36. The highest BCUT2D eigenvalue weighted by atomic mass is 16.5.